The Kier molecular flexibility index (Phi) is 8.25. The molecule has 3 fully saturated rings. The van der Waals surface area contributed by atoms with Gasteiger partial charge in [0.1, 0.15) is 6.10 Å². The van der Waals surface area contributed by atoms with Crippen LogP contribution in [0, 0.1) is 5.92 Å². The number of hydrogen-bond acceptors (Lipinski definition) is 5. The van der Waals surface area contributed by atoms with E-state index < -0.39 is 52.1 Å². The smallest absolute Gasteiger partial charge is 0.306 e. The Balaban J connectivity index is 1.66. The van der Waals surface area contributed by atoms with E-state index in [1.807, 2.05) is 13.0 Å². The van der Waals surface area contributed by atoms with E-state index in [0.29, 0.717) is 27.7 Å². The largest absolute Gasteiger partial charge is 0.481 e. The van der Waals surface area contributed by atoms with Gasteiger partial charge in [-0.25, -0.2) is 8.42 Å². The average molecular weight is 610 g/mol. The van der Waals surface area contributed by atoms with Crippen molar-refractivity contribution >= 4 is 45.1 Å². The molecule has 8 nitrogen and oxygen atoms in total. The molecule has 2 heterocycles. The number of hydrogen-bond donors (Lipinski definition) is 1. The van der Waals surface area contributed by atoms with Crippen LogP contribution in [0.2, 0.25) is 10.0 Å². The molecule has 2 aromatic rings. The van der Waals surface area contributed by atoms with Crippen LogP contribution in [-0.4, -0.2) is 64.6 Å². The number of benzene rings is 2. The minimum Gasteiger partial charge on any atom is -0.481 e. The molecule has 0 radical (unpaired) electrons. The van der Waals surface area contributed by atoms with Crippen molar-refractivity contribution in [3.63, 3.8) is 0 Å². The summed E-state index contributed by atoms with van der Waals surface area (Å²) in [7, 11) is -3.71. The molecule has 2 aromatic carbocycles. The van der Waals surface area contributed by atoms with Crippen molar-refractivity contribution in [1.82, 2.24) is 9.21 Å². The summed E-state index contributed by atoms with van der Waals surface area (Å²) in [5, 5.41) is 10.8. The lowest BCUT2D eigenvalue weighted by Crippen LogP contribution is -2.62. The first-order valence-electron chi connectivity index (χ1n) is 13.6. The molecule has 0 bridgehead atoms. The lowest BCUT2D eigenvalue weighted by Gasteiger charge is -2.51. The summed E-state index contributed by atoms with van der Waals surface area (Å²) in [5.74, 6) is -1.98. The molecule has 1 saturated carbocycles. The molecule has 0 unspecified atom stereocenters. The van der Waals surface area contributed by atoms with Crippen molar-refractivity contribution in [2.75, 3.05) is 12.3 Å². The van der Waals surface area contributed by atoms with Crippen LogP contribution in [0.3, 0.4) is 0 Å². The number of carboxylic acids is 1. The zero-order valence-corrected chi connectivity index (χ0v) is 24.8. The fraction of sp³-hybridized carbons (Fsp3) is 0.517. The van der Waals surface area contributed by atoms with Crippen molar-refractivity contribution in [1.29, 1.82) is 0 Å². The molecule has 0 spiro atoms. The summed E-state index contributed by atoms with van der Waals surface area (Å²) in [5.41, 5.74) is -0.357. The van der Waals surface area contributed by atoms with Crippen LogP contribution >= 0.6 is 23.2 Å². The summed E-state index contributed by atoms with van der Waals surface area (Å²) in [6, 6.07) is 12.6. The third kappa shape index (κ3) is 5.90. The number of carbonyl (C=O) groups is 2. The van der Waals surface area contributed by atoms with Crippen molar-refractivity contribution in [3.05, 3.63) is 69.7 Å². The van der Waals surface area contributed by atoms with Gasteiger partial charge < -0.3 is 14.7 Å². The molecule has 0 aromatic heterocycles. The molecule has 5 rings (SSSR count). The van der Waals surface area contributed by atoms with E-state index in [2.05, 4.69) is 0 Å². The van der Waals surface area contributed by atoms with E-state index in [-0.39, 0.29) is 17.7 Å². The van der Waals surface area contributed by atoms with Crippen molar-refractivity contribution < 1.29 is 27.9 Å². The van der Waals surface area contributed by atoms with Gasteiger partial charge in [-0.1, -0.05) is 47.5 Å². The Labute approximate surface area is 245 Å². The number of ether oxygens (including phenoxy) is 1. The molecule has 3 aliphatic rings. The number of amides is 1. The van der Waals surface area contributed by atoms with Crippen LogP contribution in [0.25, 0.3) is 0 Å². The Hall–Kier alpha value is -2.17. The quantitative estimate of drug-likeness (QED) is 0.405. The lowest BCUT2D eigenvalue weighted by atomic mass is 9.85. The Morgan fingerprint density at radius 3 is 2.38 bits per heavy atom. The Morgan fingerprint density at radius 1 is 1.10 bits per heavy atom. The zero-order valence-electron chi connectivity index (χ0n) is 22.5. The maximum atomic E-state index is 14.4. The average Bonchev–Trinajstić information content (AvgIpc) is 3.63. The van der Waals surface area contributed by atoms with Crippen LogP contribution in [0.4, 0.5) is 0 Å². The number of sulfonamides is 1. The second-order valence-corrected chi connectivity index (χ2v) is 14.2. The zero-order chi connectivity index (χ0) is 28.8. The molecule has 40 heavy (non-hydrogen) atoms. The van der Waals surface area contributed by atoms with E-state index in [1.54, 1.807) is 51.7 Å². The highest BCUT2D eigenvalue weighted by molar-refractivity contribution is 7.89. The van der Waals surface area contributed by atoms with Crippen molar-refractivity contribution in [2.24, 2.45) is 5.92 Å². The van der Waals surface area contributed by atoms with Gasteiger partial charge in [0.2, 0.25) is 10.0 Å². The molecule has 1 amide bonds. The van der Waals surface area contributed by atoms with Crippen molar-refractivity contribution in [2.45, 2.75) is 75.8 Å². The second kappa shape index (κ2) is 11.2. The van der Waals surface area contributed by atoms with Gasteiger partial charge >= 0.3 is 5.97 Å². The molecule has 1 N–H and O–H groups in total. The summed E-state index contributed by atoms with van der Waals surface area (Å²) in [6.45, 7) is 3.85. The van der Waals surface area contributed by atoms with Gasteiger partial charge in [0, 0.05) is 22.6 Å². The molecule has 5 atom stereocenters. The predicted molar refractivity (Wildman–Crippen MR) is 153 cm³/mol. The highest BCUT2D eigenvalue weighted by atomic mass is 35.5. The van der Waals surface area contributed by atoms with Gasteiger partial charge in [-0.3, -0.25) is 9.59 Å². The maximum Gasteiger partial charge on any atom is 0.306 e. The monoisotopic (exact) mass is 608 g/mol. The van der Waals surface area contributed by atoms with E-state index in [0.717, 1.165) is 25.7 Å². The molecule has 1 aliphatic carbocycles. The maximum absolute atomic E-state index is 14.4. The third-order valence-corrected chi connectivity index (χ3v) is 10.8. The highest BCUT2D eigenvalue weighted by Gasteiger charge is 2.56. The van der Waals surface area contributed by atoms with Gasteiger partial charge in [0.15, 0.2) is 5.60 Å². The summed E-state index contributed by atoms with van der Waals surface area (Å²) in [6.07, 6.45) is 1.78. The molecule has 216 valence electrons. The number of carboxylic acid groups (broad SMARTS) is 1. The predicted octanol–water partition coefficient (Wildman–Crippen LogP) is 5.46. The van der Waals surface area contributed by atoms with E-state index in [4.69, 9.17) is 27.9 Å². The number of halogens is 2. The number of carbonyl (C=O) groups excluding carboxylic acids is 1. The van der Waals surface area contributed by atoms with Crippen LogP contribution in [0.15, 0.2) is 48.5 Å². The molecule has 2 saturated heterocycles. The van der Waals surface area contributed by atoms with Gasteiger partial charge in [0.05, 0.1) is 24.3 Å². The first kappa shape index (κ1) is 29.3. The van der Waals surface area contributed by atoms with E-state index in [9.17, 15) is 23.1 Å². The highest BCUT2D eigenvalue weighted by Crippen LogP contribution is 2.50. The molecule has 2 aliphatic heterocycles. The number of rotatable bonds is 9. The first-order valence-corrected chi connectivity index (χ1v) is 16.0. The van der Waals surface area contributed by atoms with Crippen LogP contribution in [0.1, 0.15) is 69.2 Å². The molecular formula is C29H34Cl2N2O6S. The number of morpholine rings is 1. The minimum absolute atomic E-state index is 0.0291. The second-order valence-electron chi connectivity index (χ2n) is 11.4. The number of aliphatic carboxylic acids is 1. The van der Waals surface area contributed by atoms with Crippen molar-refractivity contribution in [3.8, 4) is 0 Å². The normalized spacial score (nSPS) is 28.6. The van der Waals surface area contributed by atoms with Crippen LogP contribution in [-0.2, 0) is 24.3 Å². The Bertz CT molecular complexity index is 1380. The van der Waals surface area contributed by atoms with Gasteiger partial charge in [-0.05, 0) is 80.8 Å². The van der Waals surface area contributed by atoms with E-state index >= 15 is 0 Å². The molecular weight excluding hydrogens is 575 g/mol. The molecule has 11 heteroatoms. The SMILES string of the molecule is C[C@H]1CCCN1S(=O)(=O)C[C@H](C1CC1)N1C(=O)[C@@](C)(CC(=O)O)O[C@H](c2cccc(Cl)c2)[C@H]1c1ccc(Cl)cc1. The summed E-state index contributed by atoms with van der Waals surface area (Å²) >= 11 is 12.6. The Morgan fingerprint density at radius 2 is 1.80 bits per heavy atom. The summed E-state index contributed by atoms with van der Waals surface area (Å²) in [4.78, 5) is 28.0. The van der Waals surface area contributed by atoms with Crippen LogP contribution < -0.4 is 0 Å². The summed E-state index contributed by atoms with van der Waals surface area (Å²) < 4.78 is 35.6. The lowest BCUT2D eigenvalue weighted by molar-refractivity contribution is -0.206. The standard InChI is InChI=1S/C29H34Cl2N2O6S/c1-18-5-4-14-32(18)40(37,38)17-24(19-8-9-19)33-26(20-10-12-22(30)13-11-20)27(21-6-3-7-23(31)15-21)39-29(2,28(33)36)16-25(34)35/h3,6-7,10-13,15,18-19,24,26-27H,4-5,8-9,14,16-17H2,1-2H3,(H,34,35)/t18-,24+,26+,27+,29+/m0/s1. The van der Waals surface area contributed by atoms with Gasteiger partial charge in [0.25, 0.3) is 5.91 Å². The fourth-order valence-corrected chi connectivity index (χ4v) is 8.63. The minimum atomic E-state index is -3.71. The van der Waals surface area contributed by atoms with Gasteiger partial charge in [-0.15, -0.1) is 0 Å². The number of nitrogens with zero attached hydrogens (tertiary/aromatic N) is 2. The van der Waals surface area contributed by atoms with Gasteiger partial charge in [-0.2, -0.15) is 4.31 Å². The fourth-order valence-electron chi connectivity index (χ4n) is 6.19. The van der Waals surface area contributed by atoms with E-state index in [1.165, 1.54) is 6.92 Å². The van der Waals surface area contributed by atoms with Crippen LogP contribution in [0.5, 0.6) is 0 Å². The third-order valence-electron chi connectivity index (χ3n) is 8.29. The first-order chi connectivity index (χ1) is 18.9. The topological polar surface area (TPSA) is 104 Å².